The van der Waals surface area contributed by atoms with Crippen molar-refractivity contribution in [1.29, 1.82) is 0 Å². The summed E-state index contributed by atoms with van der Waals surface area (Å²) in [6.07, 6.45) is 8.62. The van der Waals surface area contributed by atoms with Gasteiger partial charge in [0.2, 0.25) is 17.7 Å². The smallest absolute Gasteiger partial charge is 0.236 e. The number of aromatic nitrogens is 4. The van der Waals surface area contributed by atoms with Gasteiger partial charge in [0.25, 0.3) is 0 Å². The number of amides is 1. The molecule has 1 aliphatic carbocycles. The van der Waals surface area contributed by atoms with Crippen LogP contribution in [0.3, 0.4) is 0 Å². The minimum atomic E-state index is -0.836. The van der Waals surface area contributed by atoms with Crippen LogP contribution in [0.1, 0.15) is 38.8 Å². The molecule has 1 saturated carbocycles. The van der Waals surface area contributed by atoms with Gasteiger partial charge in [-0.15, -0.1) is 0 Å². The lowest BCUT2D eigenvalue weighted by atomic mass is 9.88. The van der Waals surface area contributed by atoms with E-state index in [1.807, 2.05) is 38.1 Å². The van der Waals surface area contributed by atoms with E-state index in [1.54, 1.807) is 43.7 Å². The standard InChI is InChI=1S/C23H26N6O2S/c1-23(2,19-11-12-25-22(28-19)29-32-17-5-4-6-17)21(30)26-16-9-7-15(8-10-16)18-13-24-14-20(27-18)31-3/h7-14,17H,4-6H2,1-3H3,(H,26,30)(H,25,28,29). The maximum atomic E-state index is 13.1. The fourth-order valence-electron chi connectivity index (χ4n) is 3.09. The van der Waals surface area contributed by atoms with Gasteiger partial charge in [-0.2, -0.15) is 0 Å². The van der Waals surface area contributed by atoms with Crippen molar-refractivity contribution in [3.8, 4) is 17.1 Å². The molecule has 0 unspecified atom stereocenters. The first-order chi connectivity index (χ1) is 15.5. The van der Waals surface area contributed by atoms with Crippen LogP contribution < -0.4 is 14.8 Å². The molecule has 4 rings (SSSR count). The lowest BCUT2D eigenvalue weighted by molar-refractivity contribution is -0.120. The normalized spacial score (nSPS) is 13.8. The number of methoxy groups -OCH3 is 1. The highest BCUT2D eigenvalue weighted by molar-refractivity contribution is 8.01. The molecule has 0 atom stereocenters. The number of ether oxygens (including phenoxy) is 1. The monoisotopic (exact) mass is 450 g/mol. The van der Waals surface area contributed by atoms with Gasteiger partial charge in [0.05, 0.1) is 36.3 Å². The Morgan fingerprint density at radius 1 is 1.12 bits per heavy atom. The first kappa shape index (κ1) is 22.0. The van der Waals surface area contributed by atoms with E-state index in [0.717, 1.165) is 5.56 Å². The second-order valence-electron chi connectivity index (χ2n) is 8.14. The molecule has 1 amide bonds. The van der Waals surface area contributed by atoms with Crippen LogP contribution >= 0.6 is 11.9 Å². The lowest BCUT2D eigenvalue weighted by Gasteiger charge is -2.25. The first-order valence-corrected chi connectivity index (χ1v) is 11.4. The quantitative estimate of drug-likeness (QED) is 0.485. The molecule has 0 spiro atoms. The van der Waals surface area contributed by atoms with Gasteiger partial charge in [-0.05, 0) is 56.8 Å². The van der Waals surface area contributed by atoms with Crippen molar-refractivity contribution in [1.82, 2.24) is 19.9 Å². The Bertz CT molecular complexity index is 1090. The summed E-state index contributed by atoms with van der Waals surface area (Å²) in [5.41, 5.74) is 2.09. The summed E-state index contributed by atoms with van der Waals surface area (Å²) in [5.74, 6) is 0.832. The molecule has 0 radical (unpaired) electrons. The Hall–Kier alpha value is -3.20. The van der Waals surface area contributed by atoms with Crippen molar-refractivity contribution in [2.24, 2.45) is 0 Å². The molecule has 0 saturated heterocycles. The van der Waals surface area contributed by atoms with Crippen LogP contribution in [0.5, 0.6) is 5.88 Å². The second kappa shape index (κ2) is 9.52. The maximum absolute atomic E-state index is 13.1. The molecule has 2 aromatic heterocycles. The topological polar surface area (TPSA) is 102 Å². The average molecular weight is 451 g/mol. The van der Waals surface area contributed by atoms with Gasteiger partial charge in [-0.3, -0.25) is 14.5 Å². The Kier molecular flexibility index (Phi) is 6.55. The number of nitrogens with one attached hydrogen (secondary N) is 2. The molecular formula is C23H26N6O2S. The molecular weight excluding hydrogens is 424 g/mol. The summed E-state index contributed by atoms with van der Waals surface area (Å²) < 4.78 is 8.35. The lowest BCUT2D eigenvalue weighted by Crippen LogP contribution is -2.35. The van der Waals surface area contributed by atoms with Crippen LogP contribution in [0.4, 0.5) is 11.6 Å². The third-order valence-corrected chi connectivity index (χ3v) is 6.60. The molecule has 0 bridgehead atoms. The predicted molar refractivity (Wildman–Crippen MR) is 127 cm³/mol. The Morgan fingerprint density at radius 3 is 2.59 bits per heavy atom. The van der Waals surface area contributed by atoms with Gasteiger partial charge in [0.1, 0.15) is 0 Å². The number of anilines is 2. The van der Waals surface area contributed by atoms with E-state index in [4.69, 9.17) is 4.74 Å². The van der Waals surface area contributed by atoms with Crippen molar-refractivity contribution in [3.63, 3.8) is 0 Å². The van der Waals surface area contributed by atoms with Crippen LogP contribution in [0, 0.1) is 0 Å². The van der Waals surface area contributed by atoms with Gasteiger partial charge >= 0.3 is 0 Å². The summed E-state index contributed by atoms with van der Waals surface area (Å²) in [7, 11) is 1.55. The van der Waals surface area contributed by atoms with Crippen molar-refractivity contribution in [2.75, 3.05) is 17.1 Å². The highest BCUT2D eigenvalue weighted by Crippen LogP contribution is 2.31. The van der Waals surface area contributed by atoms with E-state index < -0.39 is 5.41 Å². The fourth-order valence-corrected chi connectivity index (χ4v) is 4.03. The molecule has 166 valence electrons. The van der Waals surface area contributed by atoms with E-state index >= 15 is 0 Å². The van der Waals surface area contributed by atoms with Crippen LogP contribution in [0.25, 0.3) is 11.3 Å². The van der Waals surface area contributed by atoms with E-state index in [-0.39, 0.29) is 5.91 Å². The highest BCUT2D eigenvalue weighted by atomic mass is 32.2. The maximum Gasteiger partial charge on any atom is 0.236 e. The summed E-state index contributed by atoms with van der Waals surface area (Å²) in [6.45, 7) is 3.71. The Labute approximate surface area is 191 Å². The molecule has 32 heavy (non-hydrogen) atoms. The molecule has 1 aliphatic rings. The highest BCUT2D eigenvalue weighted by Gasteiger charge is 2.32. The van der Waals surface area contributed by atoms with Gasteiger partial charge in [0, 0.05) is 22.7 Å². The van der Waals surface area contributed by atoms with Crippen molar-refractivity contribution < 1.29 is 9.53 Å². The number of hydrogen-bond acceptors (Lipinski definition) is 8. The number of hydrogen-bond donors (Lipinski definition) is 2. The molecule has 8 nitrogen and oxygen atoms in total. The van der Waals surface area contributed by atoms with E-state index in [0.29, 0.717) is 34.2 Å². The zero-order valence-corrected chi connectivity index (χ0v) is 19.1. The third-order valence-electron chi connectivity index (χ3n) is 5.49. The Balaban J connectivity index is 1.43. The molecule has 2 heterocycles. The average Bonchev–Trinajstić information content (AvgIpc) is 2.79. The zero-order chi connectivity index (χ0) is 22.6. The van der Waals surface area contributed by atoms with Crippen LogP contribution in [0.15, 0.2) is 48.9 Å². The third kappa shape index (κ3) is 4.99. The van der Waals surface area contributed by atoms with Gasteiger partial charge < -0.3 is 10.1 Å². The molecule has 0 aliphatic heterocycles. The number of benzene rings is 1. The first-order valence-electron chi connectivity index (χ1n) is 10.5. The molecule has 1 fully saturated rings. The van der Waals surface area contributed by atoms with Crippen LogP contribution in [-0.4, -0.2) is 38.2 Å². The molecule has 2 N–H and O–H groups in total. The molecule has 3 aromatic rings. The SMILES string of the molecule is COc1cncc(-c2ccc(NC(=O)C(C)(C)c3ccnc(NSC4CCC4)n3)cc2)n1. The van der Waals surface area contributed by atoms with Gasteiger partial charge in [-0.1, -0.05) is 18.6 Å². The van der Waals surface area contributed by atoms with E-state index in [1.165, 1.54) is 19.3 Å². The fraction of sp³-hybridized carbons (Fsp3) is 0.348. The van der Waals surface area contributed by atoms with E-state index in [2.05, 4.69) is 30.0 Å². The van der Waals surface area contributed by atoms with E-state index in [9.17, 15) is 4.79 Å². The summed E-state index contributed by atoms with van der Waals surface area (Å²) in [4.78, 5) is 30.4. The van der Waals surface area contributed by atoms with Crippen molar-refractivity contribution in [2.45, 2.75) is 43.8 Å². The Morgan fingerprint density at radius 2 is 1.91 bits per heavy atom. The summed E-state index contributed by atoms with van der Waals surface area (Å²) in [5, 5.41) is 3.60. The minimum absolute atomic E-state index is 0.150. The summed E-state index contributed by atoms with van der Waals surface area (Å²) >= 11 is 1.66. The van der Waals surface area contributed by atoms with Crippen LogP contribution in [0.2, 0.25) is 0 Å². The largest absolute Gasteiger partial charge is 0.480 e. The molecule has 1 aromatic carbocycles. The predicted octanol–water partition coefficient (Wildman–Crippen LogP) is 4.47. The molecule has 9 heteroatoms. The zero-order valence-electron chi connectivity index (χ0n) is 18.3. The number of rotatable bonds is 8. The van der Waals surface area contributed by atoms with Crippen molar-refractivity contribution >= 4 is 29.5 Å². The second-order valence-corrected chi connectivity index (χ2v) is 9.25. The number of carbonyl (C=O) groups excluding carboxylic acids is 1. The van der Waals surface area contributed by atoms with Gasteiger partial charge in [-0.25, -0.2) is 15.0 Å². The number of nitrogens with zero attached hydrogens (tertiary/aromatic N) is 4. The van der Waals surface area contributed by atoms with Crippen molar-refractivity contribution in [3.05, 3.63) is 54.6 Å². The summed E-state index contributed by atoms with van der Waals surface area (Å²) in [6, 6.07) is 9.23. The number of carbonyl (C=O) groups is 1. The van der Waals surface area contributed by atoms with Crippen LogP contribution in [-0.2, 0) is 10.2 Å². The minimum Gasteiger partial charge on any atom is -0.480 e. The van der Waals surface area contributed by atoms with Gasteiger partial charge in [0.15, 0.2) is 0 Å².